The first-order valence-electron chi connectivity index (χ1n) is 6.10. The number of hydrogen-bond donors (Lipinski definition) is 0. The van der Waals surface area contributed by atoms with E-state index < -0.39 is 9.84 Å². The number of sulfone groups is 1. The third-order valence-corrected chi connectivity index (χ3v) is 4.82. The second-order valence-electron chi connectivity index (χ2n) is 4.36. The third kappa shape index (κ3) is 4.05. The molecule has 0 fully saturated rings. The molecule has 0 bridgehead atoms. The van der Waals surface area contributed by atoms with Crippen LogP contribution in [0.1, 0.15) is 23.9 Å². The fourth-order valence-electron chi connectivity index (χ4n) is 1.79. The number of aromatic nitrogens is 2. The van der Waals surface area contributed by atoms with Gasteiger partial charge in [-0.25, -0.2) is 8.42 Å². The van der Waals surface area contributed by atoms with Crippen LogP contribution in [0.25, 0.3) is 0 Å². The maximum absolute atomic E-state index is 11.5. The number of ether oxygens (including phenoxy) is 1. The highest BCUT2D eigenvalue weighted by Crippen LogP contribution is 2.14. The molecule has 1 heterocycles. The fourth-order valence-corrected chi connectivity index (χ4v) is 2.53. The summed E-state index contributed by atoms with van der Waals surface area (Å²) in [5.41, 5.74) is 2.35. The largest absolute Gasteiger partial charge is 0.469 e. The van der Waals surface area contributed by atoms with Gasteiger partial charge in [-0.3, -0.25) is 9.48 Å². The Kier molecular flexibility index (Phi) is 5.11. The Hall–Kier alpha value is -1.37. The van der Waals surface area contributed by atoms with Crippen LogP contribution in [0.4, 0.5) is 0 Å². The van der Waals surface area contributed by atoms with E-state index in [0.29, 0.717) is 6.54 Å². The fraction of sp³-hybridized carbons (Fsp3) is 0.667. The molecule has 0 N–H and O–H groups in total. The summed E-state index contributed by atoms with van der Waals surface area (Å²) in [6.07, 6.45) is 0.161. The van der Waals surface area contributed by atoms with Crippen LogP contribution in [-0.2, 0) is 32.3 Å². The average molecular weight is 288 g/mol. The Labute approximate surface area is 113 Å². The molecule has 19 heavy (non-hydrogen) atoms. The predicted molar refractivity (Wildman–Crippen MR) is 71.7 cm³/mol. The maximum Gasteiger partial charge on any atom is 0.310 e. The summed E-state index contributed by atoms with van der Waals surface area (Å²) in [4.78, 5) is 11.3. The molecule has 0 aliphatic heterocycles. The minimum atomic E-state index is -3.02. The van der Waals surface area contributed by atoms with Gasteiger partial charge in [0.05, 0.1) is 31.5 Å². The summed E-state index contributed by atoms with van der Waals surface area (Å²) < 4.78 is 29.2. The van der Waals surface area contributed by atoms with E-state index in [1.807, 2.05) is 6.92 Å². The third-order valence-electron chi connectivity index (χ3n) is 3.13. The molecule has 0 saturated carbocycles. The molecule has 0 unspecified atom stereocenters. The van der Waals surface area contributed by atoms with E-state index in [1.54, 1.807) is 18.5 Å². The minimum Gasteiger partial charge on any atom is -0.469 e. The molecule has 0 saturated heterocycles. The van der Waals surface area contributed by atoms with Gasteiger partial charge in [0.15, 0.2) is 9.84 Å². The van der Waals surface area contributed by atoms with Gasteiger partial charge in [-0.1, -0.05) is 6.92 Å². The standard InChI is InChI=1S/C12H20N2O4S/c1-5-19(16,17)7-6-14-10(3)11(9(2)13-14)8-12(15)18-4/h5-8H2,1-4H3. The van der Waals surface area contributed by atoms with Gasteiger partial charge in [0, 0.05) is 17.0 Å². The first-order chi connectivity index (χ1) is 8.80. The second kappa shape index (κ2) is 6.18. The van der Waals surface area contributed by atoms with Crippen LogP contribution in [-0.4, -0.2) is 42.8 Å². The van der Waals surface area contributed by atoms with E-state index in [4.69, 9.17) is 0 Å². The Morgan fingerprint density at radius 1 is 1.37 bits per heavy atom. The molecule has 0 aliphatic rings. The van der Waals surface area contributed by atoms with Crippen molar-refractivity contribution in [2.24, 2.45) is 0 Å². The van der Waals surface area contributed by atoms with Crippen LogP contribution in [0.2, 0.25) is 0 Å². The molecule has 7 heteroatoms. The van der Waals surface area contributed by atoms with Crippen molar-refractivity contribution in [1.82, 2.24) is 9.78 Å². The van der Waals surface area contributed by atoms with Crippen LogP contribution < -0.4 is 0 Å². The van der Waals surface area contributed by atoms with Crippen molar-refractivity contribution in [2.45, 2.75) is 33.7 Å². The number of rotatable bonds is 6. The lowest BCUT2D eigenvalue weighted by Gasteiger charge is -2.05. The van der Waals surface area contributed by atoms with Crippen LogP contribution in [0.3, 0.4) is 0 Å². The number of aryl methyl sites for hydroxylation is 2. The van der Waals surface area contributed by atoms with Gasteiger partial charge >= 0.3 is 5.97 Å². The highest BCUT2D eigenvalue weighted by atomic mass is 32.2. The molecule has 0 radical (unpaired) electrons. The quantitative estimate of drug-likeness (QED) is 0.718. The zero-order chi connectivity index (χ0) is 14.6. The van der Waals surface area contributed by atoms with E-state index in [9.17, 15) is 13.2 Å². The van der Waals surface area contributed by atoms with Crippen LogP contribution in [0.15, 0.2) is 0 Å². The molecule has 0 aromatic carbocycles. The maximum atomic E-state index is 11.5. The van der Waals surface area contributed by atoms with Crippen molar-refractivity contribution < 1.29 is 17.9 Å². The summed E-state index contributed by atoms with van der Waals surface area (Å²) in [6.45, 7) is 5.57. The van der Waals surface area contributed by atoms with E-state index in [2.05, 4.69) is 9.84 Å². The minimum absolute atomic E-state index is 0.0587. The van der Waals surface area contributed by atoms with Crippen molar-refractivity contribution in [3.05, 3.63) is 17.0 Å². The highest BCUT2D eigenvalue weighted by molar-refractivity contribution is 7.91. The monoisotopic (exact) mass is 288 g/mol. The van der Waals surface area contributed by atoms with Crippen molar-refractivity contribution >= 4 is 15.8 Å². The van der Waals surface area contributed by atoms with E-state index in [1.165, 1.54) is 7.11 Å². The molecular weight excluding hydrogens is 268 g/mol. The van der Waals surface area contributed by atoms with Gasteiger partial charge in [0.25, 0.3) is 0 Å². The van der Waals surface area contributed by atoms with Gasteiger partial charge < -0.3 is 4.74 Å². The van der Waals surface area contributed by atoms with Gasteiger partial charge in [-0.15, -0.1) is 0 Å². The molecule has 0 aliphatic carbocycles. The van der Waals surface area contributed by atoms with E-state index in [-0.39, 0.29) is 23.9 Å². The summed E-state index contributed by atoms with van der Waals surface area (Å²) >= 11 is 0. The van der Waals surface area contributed by atoms with Crippen molar-refractivity contribution in [1.29, 1.82) is 0 Å². The lowest BCUT2D eigenvalue weighted by Crippen LogP contribution is -2.16. The van der Waals surface area contributed by atoms with Crippen molar-refractivity contribution in [3.8, 4) is 0 Å². The first-order valence-corrected chi connectivity index (χ1v) is 7.93. The van der Waals surface area contributed by atoms with Gasteiger partial charge in [0.2, 0.25) is 0 Å². The zero-order valence-corrected chi connectivity index (χ0v) is 12.6. The molecule has 1 aromatic heterocycles. The molecule has 0 spiro atoms. The number of nitrogens with zero attached hydrogens (tertiary/aromatic N) is 2. The van der Waals surface area contributed by atoms with Crippen LogP contribution in [0.5, 0.6) is 0 Å². The molecule has 6 nitrogen and oxygen atoms in total. The number of hydrogen-bond acceptors (Lipinski definition) is 5. The molecule has 108 valence electrons. The van der Waals surface area contributed by atoms with Crippen molar-refractivity contribution in [3.63, 3.8) is 0 Å². The summed E-state index contributed by atoms with van der Waals surface area (Å²) in [5.74, 6) is -0.142. The van der Waals surface area contributed by atoms with Gasteiger partial charge in [-0.05, 0) is 13.8 Å². The summed E-state index contributed by atoms with van der Waals surface area (Å²) in [6, 6.07) is 0. The van der Waals surface area contributed by atoms with Gasteiger partial charge in [-0.2, -0.15) is 5.10 Å². The predicted octanol–water partition coefficient (Wildman–Crippen LogP) is 0.650. The molecule has 0 amide bonds. The molecule has 1 rings (SSSR count). The Bertz CT molecular complexity index is 561. The first kappa shape index (κ1) is 15.7. The van der Waals surface area contributed by atoms with E-state index in [0.717, 1.165) is 17.0 Å². The molecule has 0 atom stereocenters. The van der Waals surface area contributed by atoms with Crippen LogP contribution >= 0.6 is 0 Å². The molecular formula is C12H20N2O4S. The number of methoxy groups -OCH3 is 1. The number of carbonyl (C=O) groups is 1. The number of esters is 1. The van der Waals surface area contributed by atoms with E-state index >= 15 is 0 Å². The number of carbonyl (C=O) groups excluding carboxylic acids is 1. The zero-order valence-electron chi connectivity index (χ0n) is 11.8. The summed E-state index contributed by atoms with van der Waals surface area (Å²) in [7, 11) is -1.68. The SMILES string of the molecule is CCS(=O)(=O)CCn1nc(C)c(CC(=O)OC)c1C. The summed E-state index contributed by atoms with van der Waals surface area (Å²) in [5, 5.41) is 4.28. The Morgan fingerprint density at radius 2 is 2.00 bits per heavy atom. The average Bonchev–Trinajstić information content (AvgIpc) is 2.64. The lowest BCUT2D eigenvalue weighted by atomic mass is 10.1. The van der Waals surface area contributed by atoms with Crippen molar-refractivity contribution in [2.75, 3.05) is 18.6 Å². The normalized spacial score (nSPS) is 11.6. The topological polar surface area (TPSA) is 78.3 Å². The lowest BCUT2D eigenvalue weighted by molar-refractivity contribution is -0.139. The molecule has 1 aromatic rings. The van der Waals surface area contributed by atoms with Gasteiger partial charge in [0.1, 0.15) is 0 Å². The Morgan fingerprint density at radius 3 is 2.53 bits per heavy atom. The second-order valence-corrected chi connectivity index (χ2v) is 6.83. The van der Waals surface area contributed by atoms with Crippen LogP contribution in [0, 0.1) is 13.8 Å². The highest BCUT2D eigenvalue weighted by Gasteiger charge is 2.16. The smallest absolute Gasteiger partial charge is 0.310 e. The Balaban J connectivity index is 2.88.